The van der Waals surface area contributed by atoms with Gasteiger partial charge in [0.15, 0.2) is 30.7 Å². The van der Waals surface area contributed by atoms with Gasteiger partial charge >= 0.3 is 18.0 Å². The highest BCUT2D eigenvalue weighted by Crippen LogP contribution is 2.55. The number of aliphatic hydroxyl groups excluding tert-OH is 1. The predicted octanol–water partition coefficient (Wildman–Crippen LogP) is 2.72. The van der Waals surface area contributed by atoms with E-state index in [0.717, 1.165) is 5.56 Å². The van der Waals surface area contributed by atoms with Crippen molar-refractivity contribution in [2.24, 2.45) is 0 Å². The average Bonchev–Trinajstić information content (AvgIpc) is 2.90. The van der Waals surface area contributed by atoms with Gasteiger partial charge in [-0.3, -0.25) is 14.7 Å². The molecule has 1 amide bonds. The van der Waals surface area contributed by atoms with E-state index in [4.69, 9.17) is 18.9 Å². The van der Waals surface area contributed by atoms with Gasteiger partial charge in [0.2, 0.25) is 7.37 Å². The Morgan fingerprint density at radius 1 is 1.00 bits per heavy atom. The zero-order chi connectivity index (χ0) is 27.3. The number of aliphatic hydroxyl groups is 1. The van der Waals surface area contributed by atoms with Crippen LogP contribution in [0.2, 0.25) is 0 Å². The molecule has 12 nitrogen and oxygen atoms in total. The number of carbonyl (C=O) groups is 3. The van der Waals surface area contributed by atoms with Gasteiger partial charge in [-0.2, -0.15) is 0 Å². The second kappa shape index (κ2) is 14.8. The fraction of sp³-hybridized carbons (Fsp3) is 0.375. The van der Waals surface area contributed by atoms with Crippen LogP contribution in [0.1, 0.15) is 29.8 Å². The molecule has 1 unspecified atom stereocenters. The van der Waals surface area contributed by atoms with Gasteiger partial charge in [0, 0.05) is 12.6 Å². The summed E-state index contributed by atoms with van der Waals surface area (Å²) < 4.78 is 37.4. The first-order valence-corrected chi connectivity index (χ1v) is 13.0. The molecule has 2 rings (SSSR count). The molecule has 3 N–H and O–H groups in total. The van der Waals surface area contributed by atoms with Crippen LogP contribution in [-0.4, -0.2) is 61.8 Å². The quantitative estimate of drug-likeness (QED) is 0.140. The van der Waals surface area contributed by atoms with Gasteiger partial charge in [0.05, 0.1) is 14.2 Å². The zero-order valence-electron chi connectivity index (χ0n) is 20.5. The van der Waals surface area contributed by atoms with Crippen molar-refractivity contribution in [3.8, 4) is 11.5 Å². The third-order valence-electron chi connectivity index (χ3n) is 4.96. The van der Waals surface area contributed by atoms with Gasteiger partial charge in [-0.25, -0.2) is 9.59 Å². The Balaban J connectivity index is 1.75. The molecule has 0 aliphatic heterocycles. The standard InChI is InChI=1S/C24H30NO11P/c1-32-20-13-18(10-11-19(20)34-15-22(27)33-2)23(28)37(30,31)12-6-9-21(26)36-16-25-24(29)35-14-17-7-4-3-5-8-17/h3-5,7-8,10-11,13,23,28H,6,9,12,14-16H2,1-2H3,(H,25,29)(H,30,31)/t23-/m0/s1. The normalized spacial score (nSPS) is 13.0. The first-order valence-electron chi connectivity index (χ1n) is 11.1. The SMILES string of the molecule is COC(=O)COc1ccc([C@@H](O)P(=O)(O)CCCC(=O)OCNC(=O)OCc2ccccc2)cc1OC. The molecule has 2 atom stereocenters. The molecule has 0 saturated heterocycles. The minimum atomic E-state index is -4.14. The summed E-state index contributed by atoms with van der Waals surface area (Å²) in [7, 11) is -1.59. The maximum atomic E-state index is 12.7. The molecule has 0 aromatic heterocycles. The Hall–Kier alpha value is -3.60. The highest BCUT2D eigenvalue weighted by Gasteiger charge is 2.31. The summed E-state index contributed by atoms with van der Waals surface area (Å²) in [5.74, 6) is -2.74. The lowest BCUT2D eigenvalue weighted by atomic mass is 10.2. The maximum Gasteiger partial charge on any atom is 0.410 e. The molecule has 2 aromatic rings. The number of ether oxygens (including phenoxy) is 5. The molecular formula is C24H30NO11P. The fourth-order valence-corrected chi connectivity index (χ4v) is 4.47. The van der Waals surface area contributed by atoms with E-state index in [-0.39, 0.29) is 49.3 Å². The van der Waals surface area contributed by atoms with Crippen molar-refractivity contribution in [2.75, 3.05) is 33.7 Å². The van der Waals surface area contributed by atoms with E-state index < -0.39 is 38.0 Å². The van der Waals surface area contributed by atoms with Crippen LogP contribution in [0.4, 0.5) is 4.79 Å². The van der Waals surface area contributed by atoms with Gasteiger partial charge in [0.1, 0.15) is 6.61 Å². The molecule has 0 spiro atoms. The fourth-order valence-electron chi connectivity index (χ4n) is 2.99. The number of alkyl carbamates (subject to hydrolysis) is 1. The van der Waals surface area contributed by atoms with Crippen molar-refractivity contribution in [1.29, 1.82) is 0 Å². The van der Waals surface area contributed by atoms with E-state index in [2.05, 4.69) is 10.1 Å². The second-order valence-electron chi connectivity index (χ2n) is 7.63. The molecule has 0 aliphatic carbocycles. The van der Waals surface area contributed by atoms with Crippen molar-refractivity contribution in [3.63, 3.8) is 0 Å². The smallest absolute Gasteiger partial charge is 0.410 e. The van der Waals surface area contributed by atoms with Gasteiger partial charge in [-0.1, -0.05) is 36.4 Å². The molecule has 2 aromatic carbocycles. The average molecular weight is 539 g/mol. The van der Waals surface area contributed by atoms with E-state index in [0.29, 0.717) is 0 Å². The Bertz CT molecular complexity index is 1090. The van der Waals surface area contributed by atoms with Crippen molar-refractivity contribution in [3.05, 3.63) is 59.7 Å². The summed E-state index contributed by atoms with van der Waals surface area (Å²) in [5.41, 5.74) is 0.889. The van der Waals surface area contributed by atoms with E-state index in [9.17, 15) is 28.9 Å². The summed E-state index contributed by atoms with van der Waals surface area (Å²) in [4.78, 5) is 45.1. The Morgan fingerprint density at radius 3 is 2.41 bits per heavy atom. The number of benzene rings is 2. The van der Waals surface area contributed by atoms with Crippen LogP contribution in [0.5, 0.6) is 11.5 Å². The van der Waals surface area contributed by atoms with Crippen molar-refractivity contribution < 1.29 is 52.6 Å². The number of nitrogens with one attached hydrogen (secondary N) is 1. The molecule has 0 saturated carbocycles. The minimum absolute atomic E-state index is 0.0421. The summed E-state index contributed by atoms with van der Waals surface area (Å²) in [6.07, 6.45) is -1.38. The number of esters is 2. The van der Waals surface area contributed by atoms with E-state index in [1.165, 1.54) is 32.4 Å². The lowest BCUT2D eigenvalue weighted by molar-refractivity contribution is -0.144. The summed E-state index contributed by atoms with van der Waals surface area (Å²) >= 11 is 0. The molecule has 0 bridgehead atoms. The minimum Gasteiger partial charge on any atom is -0.493 e. The lowest BCUT2D eigenvalue weighted by Gasteiger charge is -2.20. The first kappa shape index (κ1) is 29.6. The molecule has 0 radical (unpaired) electrons. The van der Waals surface area contributed by atoms with Crippen LogP contribution in [0.3, 0.4) is 0 Å². The molecule has 0 fully saturated rings. The summed E-state index contributed by atoms with van der Waals surface area (Å²) in [5, 5.41) is 12.7. The van der Waals surface area contributed by atoms with E-state index in [1.54, 1.807) is 24.3 Å². The number of hydrogen-bond acceptors (Lipinski definition) is 10. The summed E-state index contributed by atoms with van der Waals surface area (Å²) in [6.45, 7) is -0.729. The zero-order valence-corrected chi connectivity index (χ0v) is 21.3. The van der Waals surface area contributed by atoms with Crippen molar-refractivity contribution in [2.45, 2.75) is 25.3 Å². The Labute approximate surface area is 213 Å². The van der Waals surface area contributed by atoms with Crippen LogP contribution in [-0.2, 0) is 35.0 Å². The van der Waals surface area contributed by atoms with Crippen LogP contribution in [0.25, 0.3) is 0 Å². The highest BCUT2D eigenvalue weighted by molar-refractivity contribution is 7.58. The lowest BCUT2D eigenvalue weighted by Crippen LogP contribution is -2.28. The van der Waals surface area contributed by atoms with Crippen molar-refractivity contribution in [1.82, 2.24) is 5.32 Å². The first-order chi connectivity index (χ1) is 17.7. The third kappa shape index (κ3) is 10.1. The number of carbonyl (C=O) groups excluding carboxylic acids is 3. The number of methoxy groups -OCH3 is 2. The van der Waals surface area contributed by atoms with Crippen LogP contribution in [0.15, 0.2) is 48.5 Å². The number of amides is 1. The van der Waals surface area contributed by atoms with E-state index in [1.807, 2.05) is 6.07 Å². The molecule has 37 heavy (non-hydrogen) atoms. The highest BCUT2D eigenvalue weighted by atomic mass is 31.2. The van der Waals surface area contributed by atoms with E-state index >= 15 is 0 Å². The van der Waals surface area contributed by atoms with Gasteiger partial charge < -0.3 is 33.7 Å². The molecule has 0 aliphatic rings. The Kier molecular flexibility index (Phi) is 11.9. The topological polar surface area (TPSA) is 167 Å². The van der Waals surface area contributed by atoms with Gasteiger partial charge in [0.25, 0.3) is 0 Å². The summed E-state index contributed by atoms with van der Waals surface area (Å²) in [6, 6.07) is 13.1. The molecule has 202 valence electrons. The van der Waals surface area contributed by atoms with Gasteiger partial charge in [-0.15, -0.1) is 0 Å². The second-order valence-corrected chi connectivity index (χ2v) is 10.1. The molecule has 0 heterocycles. The van der Waals surface area contributed by atoms with Crippen LogP contribution >= 0.6 is 7.37 Å². The maximum absolute atomic E-state index is 12.7. The Morgan fingerprint density at radius 2 is 1.73 bits per heavy atom. The van der Waals surface area contributed by atoms with Crippen molar-refractivity contribution >= 4 is 25.4 Å². The van der Waals surface area contributed by atoms with Crippen LogP contribution < -0.4 is 14.8 Å². The number of rotatable bonds is 14. The predicted molar refractivity (Wildman–Crippen MR) is 130 cm³/mol. The van der Waals surface area contributed by atoms with Crippen LogP contribution in [0, 0.1) is 0 Å². The molecule has 13 heteroatoms. The monoisotopic (exact) mass is 539 g/mol. The molecular weight excluding hydrogens is 509 g/mol. The third-order valence-corrected chi connectivity index (χ3v) is 6.98. The largest absolute Gasteiger partial charge is 0.493 e. The van der Waals surface area contributed by atoms with Gasteiger partial charge in [-0.05, 0) is 29.7 Å². The number of hydrogen-bond donors (Lipinski definition) is 3.